The second-order valence-electron chi connectivity index (χ2n) is 9.15. The summed E-state index contributed by atoms with van der Waals surface area (Å²) < 4.78 is 23.8. The number of halogens is 3. The van der Waals surface area contributed by atoms with Gasteiger partial charge in [-0.3, -0.25) is 9.59 Å². The maximum absolute atomic E-state index is 12.8. The van der Waals surface area contributed by atoms with Gasteiger partial charge in [-0.25, -0.2) is 4.39 Å². The van der Waals surface area contributed by atoms with Crippen molar-refractivity contribution < 1.29 is 22.8 Å². The van der Waals surface area contributed by atoms with Crippen molar-refractivity contribution in [3.8, 4) is 0 Å². The SMILES string of the molecule is Cc1ccc(CN(Cc2cc(C)c(C)o2)C(=O)Cl)o1.Cc1ccsc1CN(CCc1ccc(F)cc1)C(=O)Cl. The largest absolute Gasteiger partial charge is 0.464 e. The Balaban J connectivity index is 0.000000216. The number of nitrogens with zero attached hydrogens (tertiary/aromatic N) is 2. The normalized spacial score (nSPS) is 10.6. The van der Waals surface area contributed by atoms with E-state index >= 15 is 0 Å². The minimum atomic E-state index is -0.527. The van der Waals surface area contributed by atoms with E-state index in [2.05, 4.69) is 0 Å². The molecule has 208 valence electrons. The zero-order valence-electron chi connectivity index (χ0n) is 22.3. The van der Waals surface area contributed by atoms with Crippen molar-refractivity contribution in [2.75, 3.05) is 6.54 Å². The number of furan rings is 2. The number of carbonyl (C=O) groups excluding carboxylic acids is 2. The summed E-state index contributed by atoms with van der Waals surface area (Å²) in [6.45, 7) is 9.43. The van der Waals surface area contributed by atoms with Crippen LogP contribution >= 0.6 is 34.5 Å². The van der Waals surface area contributed by atoms with E-state index in [9.17, 15) is 14.0 Å². The van der Waals surface area contributed by atoms with Gasteiger partial charge in [-0.15, -0.1) is 11.3 Å². The lowest BCUT2D eigenvalue weighted by Gasteiger charge is -2.19. The van der Waals surface area contributed by atoms with Crippen molar-refractivity contribution in [1.82, 2.24) is 9.80 Å². The molecule has 0 atom stereocenters. The number of benzene rings is 1. The lowest BCUT2D eigenvalue weighted by atomic mass is 10.1. The fourth-order valence-corrected chi connectivity index (χ4v) is 4.92. The number of rotatable bonds is 9. The second-order valence-corrected chi connectivity index (χ2v) is 10.8. The summed E-state index contributed by atoms with van der Waals surface area (Å²) in [4.78, 5) is 27.2. The van der Waals surface area contributed by atoms with E-state index in [1.165, 1.54) is 22.6 Å². The zero-order chi connectivity index (χ0) is 28.5. The Labute approximate surface area is 241 Å². The molecule has 0 saturated carbocycles. The summed E-state index contributed by atoms with van der Waals surface area (Å²) in [6.07, 6.45) is 0.656. The third-order valence-corrected chi connectivity index (χ3v) is 7.58. The lowest BCUT2D eigenvalue weighted by molar-refractivity contribution is 0.205. The Morgan fingerprint density at radius 3 is 2.00 bits per heavy atom. The van der Waals surface area contributed by atoms with Gasteiger partial charge in [0.2, 0.25) is 0 Å². The van der Waals surface area contributed by atoms with Crippen LogP contribution in [-0.2, 0) is 26.1 Å². The number of hydrogen-bond donors (Lipinski definition) is 0. The van der Waals surface area contributed by atoms with Gasteiger partial charge >= 0.3 is 10.7 Å². The highest BCUT2D eigenvalue weighted by Gasteiger charge is 2.17. The fraction of sp³-hybridized carbons (Fsp3) is 0.310. The summed E-state index contributed by atoms with van der Waals surface area (Å²) in [5.74, 6) is 2.82. The average Bonchev–Trinajstić information content (AvgIpc) is 3.57. The monoisotopic (exact) mass is 592 g/mol. The van der Waals surface area contributed by atoms with Crippen LogP contribution in [0.4, 0.5) is 14.0 Å². The van der Waals surface area contributed by atoms with Crippen molar-refractivity contribution >= 4 is 45.3 Å². The molecule has 0 N–H and O–H groups in total. The van der Waals surface area contributed by atoms with Gasteiger partial charge in [0, 0.05) is 11.4 Å². The number of amides is 2. The Kier molecular flexibility index (Phi) is 11.2. The van der Waals surface area contributed by atoms with Crippen LogP contribution in [0.2, 0.25) is 0 Å². The van der Waals surface area contributed by atoms with Crippen LogP contribution in [0, 0.1) is 33.5 Å². The molecule has 0 aliphatic carbocycles. The van der Waals surface area contributed by atoms with Crippen molar-refractivity contribution in [2.45, 2.75) is 53.8 Å². The number of aryl methyl sites for hydroxylation is 4. The Morgan fingerprint density at radius 1 is 0.821 bits per heavy atom. The highest BCUT2D eigenvalue weighted by Crippen LogP contribution is 2.20. The Hall–Kier alpha value is -3.07. The van der Waals surface area contributed by atoms with E-state index in [0.29, 0.717) is 44.1 Å². The Bertz CT molecular complexity index is 1360. The second kappa shape index (κ2) is 14.4. The standard InChI is InChI=1S/C15H15ClFNOS.C14H16ClNO3/c1-11-7-9-20-14(11)10-18(15(16)19)8-6-12-2-4-13(17)5-3-12;1-9-6-13(19-11(9)3)8-16(14(15)17)7-12-5-4-10(2)18-12/h2-5,7,9H,6,8,10H2,1H3;4-6H,7-8H2,1-3H3. The van der Waals surface area contributed by atoms with Gasteiger partial charge < -0.3 is 18.6 Å². The maximum atomic E-state index is 12.8. The van der Waals surface area contributed by atoms with E-state index in [1.807, 2.05) is 57.3 Å². The summed E-state index contributed by atoms with van der Waals surface area (Å²) in [5.41, 5.74) is 3.21. The van der Waals surface area contributed by atoms with Gasteiger partial charge in [-0.1, -0.05) is 12.1 Å². The summed E-state index contributed by atoms with van der Waals surface area (Å²) >= 11 is 12.9. The van der Waals surface area contributed by atoms with E-state index < -0.39 is 10.7 Å². The highest BCUT2D eigenvalue weighted by molar-refractivity contribution is 7.10. The molecule has 3 aromatic heterocycles. The van der Waals surface area contributed by atoms with E-state index in [0.717, 1.165) is 27.5 Å². The molecule has 2 amide bonds. The van der Waals surface area contributed by atoms with Crippen LogP contribution in [0.15, 0.2) is 62.7 Å². The van der Waals surface area contributed by atoms with Crippen molar-refractivity contribution in [3.63, 3.8) is 0 Å². The molecule has 4 rings (SSSR count). The first-order valence-corrected chi connectivity index (χ1v) is 13.9. The third kappa shape index (κ3) is 9.56. The summed E-state index contributed by atoms with van der Waals surface area (Å²) in [6, 6.07) is 13.9. The molecule has 0 saturated heterocycles. The maximum Gasteiger partial charge on any atom is 0.317 e. The van der Waals surface area contributed by atoms with Crippen LogP contribution < -0.4 is 0 Å². The first-order chi connectivity index (χ1) is 18.5. The van der Waals surface area contributed by atoms with Gasteiger partial charge in [0.1, 0.15) is 28.9 Å². The molecule has 3 heterocycles. The predicted molar refractivity (Wildman–Crippen MR) is 153 cm³/mol. The number of carbonyl (C=O) groups is 2. The molecule has 10 heteroatoms. The van der Waals surface area contributed by atoms with Crippen LogP contribution in [0.1, 0.15) is 44.6 Å². The quantitative estimate of drug-likeness (QED) is 0.144. The zero-order valence-corrected chi connectivity index (χ0v) is 24.6. The van der Waals surface area contributed by atoms with Crippen molar-refractivity contribution in [3.05, 3.63) is 104 Å². The van der Waals surface area contributed by atoms with Gasteiger partial charge in [0.05, 0.1) is 19.6 Å². The molecule has 6 nitrogen and oxygen atoms in total. The smallest absolute Gasteiger partial charge is 0.317 e. The van der Waals surface area contributed by atoms with Gasteiger partial charge in [-0.2, -0.15) is 0 Å². The average molecular weight is 594 g/mol. The minimum Gasteiger partial charge on any atom is -0.464 e. The molecule has 0 radical (unpaired) electrons. The molecule has 0 aliphatic heterocycles. The van der Waals surface area contributed by atoms with E-state index in [1.54, 1.807) is 28.4 Å². The molecular formula is C29H31Cl2FN2O4S. The molecular weight excluding hydrogens is 562 g/mol. The van der Waals surface area contributed by atoms with Gasteiger partial charge in [0.15, 0.2) is 0 Å². The first-order valence-electron chi connectivity index (χ1n) is 12.3. The van der Waals surface area contributed by atoms with E-state index in [4.69, 9.17) is 32.0 Å². The van der Waals surface area contributed by atoms with E-state index in [-0.39, 0.29) is 5.82 Å². The third-order valence-electron chi connectivity index (χ3n) is 6.09. The molecule has 39 heavy (non-hydrogen) atoms. The minimum absolute atomic E-state index is 0.256. The number of hydrogen-bond acceptors (Lipinski definition) is 5. The van der Waals surface area contributed by atoms with Crippen LogP contribution in [0.25, 0.3) is 0 Å². The van der Waals surface area contributed by atoms with Gasteiger partial charge in [0.25, 0.3) is 0 Å². The molecule has 0 unspecified atom stereocenters. The molecule has 0 aliphatic rings. The predicted octanol–water partition coefficient (Wildman–Crippen LogP) is 8.76. The summed E-state index contributed by atoms with van der Waals surface area (Å²) in [5, 5.41) is 1.02. The molecule has 1 aromatic carbocycles. The molecule has 0 spiro atoms. The fourth-order valence-electron chi connectivity index (χ4n) is 3.74. The lowest BCUT2D eigenvalue weighted by Crippen LogP contribution is -2.27. The van der Waals surface area contributed by atoms with Crippen LogP contribution in [0.5, 0.6) is 0 Å². The molecule has 0 bridgehead atoms. The van der Waals surface area contributed by atoms with Gasteiger partial charge in [-0.05, 0) is 116 Å². The Morgan fingerprint density at radius 2 is 1.49 bits per heavy atom. The van der Waals surface area contributed by atoms with Crippen LogP contribution in [-0.4, -0.2) is 27.1 Å². The first kappa shape index (κ1) is 30.5. The highest BCUT2D eigenvalue weighted by atomic mass is 35.5. The van der Waals surface area contributed by atoms with Crippen molar-refractivity contribution in [2.24, 2.45) is 0 Å². The van der Waals surface area contributed by atoms with Crippen LogP contribution in [0.3, 0.4) is 0 Å². The molecule has 0 fully saturated rings. The number of thiophene rings is 1. The topological polar surface area (TPSA) is 66.9 Å². The molecule has 4 aromatic rings. The van der Waals surface area contributed by atoms with Crippen molar-refractivity contribution in [1.29, 1.82) is 0 Å². The summed E-state index contributed by atoms with van der Waals surface area (Å²) in [7, 11) is 0.